The van der Waals surface area contributed by atoms with Gasteiger partial charge < -0.3 is 26.0 Å². The largest absolute Gasteiger partial charge is 0.462 e. The van der Waals surface area contributed by atoms with Crippen LogP contribution in [0.1, 0.15) is 110 Å². The van der Waals surface area contributed by atoms with E-state index in [9.17, 15) is 4.79 Å². The number of guanidine groups is 2. The molecule has 0 aliphatic carbocycles. The van der Waals surface area contributed by atoms with E-state index in [4.69, 9.17) is 20.9 Å². The molecule has 3 atom stereocenters. The molecule has 5 N–H and O–H groups in total. The van der Waals surface area contributed by atoms with E-state index in [2.05, 4.69) is 29.4 Å². The Labute approximate surface area is 212 Å². The van der Waals surface area contributed by atoms with Crippen molar-refractivity contribution in [2.45, 2.75) is 128 Å². The molecule has 8 nitrogen and oxygen atoms in total. The number of carbonyl (C=O) groups excluding carboxylic acids is 1. The Kier molecular flexibility index (Phi) is 11.2. The normalized spacial score (nSPS) is 23.0. The zero-order valence-corrected chi connectivity index (χ0v) is 22.0. The van der Waals surface area contributed by atoms with Crippen LogP contribution >= 0.6 is 0 Å². The van der Waals surface area contributed by atoms with Crippen LogP contribution in [-0.4, -0.2) is 54.1 Å². The Balaban J connectivity index is 1.62. The quantitative estimate of drug-likeness (QED) is 0.110. The van der Waals surface area contributed by atoms with Crippen molar-refractivity contribution in [1.82, 2.24) is 15.5 Å². The molecular weight excluding hydrogens is 440 g/mol. The van der Waals surface area contributed by atoms with Gasteiger partial charge >= 0.3 is 5.97 Å². The third-order valence-corrected chi connectivity index (χ3v) is 7.49. The van der Waals surface area contributed by atoms with Crippen LogP contribution in [0.3, 0.4) is 0 Å². The maximum atomic E-state index is 13.3. The number of nitrogens with two attached hydrogens (primary N) is 1. The van der Waals surface area contributed by atoms with Crippen LogP contribution in [0.5, 0.6) is 0 Å². The molecule has 8 heteroatoms. The van der Waals surface area contributed by atoms with Crippen LogP contribution in [0.25, 0.3) is 0 Å². The Bertz CT molecular complexity index is 765. The van der Waals surface area contributed by atoms with Gasteiger partial charge in [-0.2, -0.15) is 0 Å². The fourth-order valence-electron chi connectivity index (χ4n) is 5.63. The van der Waals surface area contributed by atoms with Crippen molar-refractivity contribution in [3.05, 3.63) is 11.3 Å². The van der Waals surface area contributed by atoms with Gasteiger partial charge in [0, 0.05) is 24.3 Å². The Hall–Kier alpha value is -2.25. The standard InChI is InChI=1S/C27H48N6O2/c1-3-5-7-8-10-13-20-19-21-15-16-23-24(25(34)35-18-12-11-17-30-26(28)29)22(14-9-6-4-2)32-27(31-20)33(21)23/h20-22H,3-19H2,1-2H3,(H,31,32)(H4,28,29,30)/t20-,21+,22?/m0/s1. The molecule has 0 radical (unpaired) electrons. The average molecular weight is 489 g/mol. The maximum Gasteiger partial charge on any atom is 0.337 e. The first-order valence-corrected chi connectivity index (χ1v) is 14.2. The van der Waals surface area contributed by atoms with Gasteiger partial charge in [-0.05, 0) is 44.9 Å². The molecule has 2 fully saturated rings. The molecule has 0 amide bonds. The number of hydrogen-bond donors (Lipinski definition) is 4. The number of aliphatic imine (C=N–C) groups is 1. The van der Waals surface area contributed by atoms with Gasteiger partial charge in [0.2, 0.25) is 0 Å². The number of rotatable bonds is 16. The molecule has 0 aromatic carbocycles. The van der Waals surface area contributed by atoms with E-state index in [0.29, 0.717) is 25.2 Å². The van der Waals surface area contributed by atoms with E-state index in [0.717, 1.165) is 75.0 Å². The summed E-state index contributed by atoms with van der Waals surface area (Å²) < 4.78 is 5.74. The van der Waals surface area contributed by atoms with Gasteiger partial charge in [0.05, 0.1) is 18.2 Å². The van der Waals surface area contributed by atoms with E-state index in [1.165, 1.54) is 38.5 Å². The van der Waals surface area contributed by atoms with E-state index < -0.39 is 0 Å². The van der Waals surface area contributed by atoms with E-state index in [1.807, 2.05) is 0 Å². The van der Waals surface area contributed by atoms with Gasteiger partial charge in [-0.3, -0.25) is 5.41 Å². The molecule has 3 aliphatic rings. The number of nitrogens with zero attached hydrogens (tertiary/aromatic N) is 2. The molecule has 0 aromatic rings. The molecule has 0 bridgehead atoms. The fourth-order valence-corrected chi connectivity index (χ4v) is 5.63. The smallest absolute Gasteiger partial charge is 0.337 e. The molecule has 2 saturated heterocycles. The zero-order chi connectivity index (χ0) is 25.0. The van der Waals surface area contributed by atoms with Crippen LogP contribution in [0.4, 0.5) is 0 Å². The lowest BCUT2D eigenvalue weighted by Gasteiger charge is -2.42. The van der Waals surface area contributed by atoms with Crippen molar-refractivity contribution in [1.29, 1.82) is 5.41 Å². The highest BCUT2D eigenvalue weighted by atomic mass is 16.5. The minimum Gasteiger partial charge on any atom is -0.462 e. The monoisotopic (exact) mass is 488 g/mol. The number of esters is 1. The molecule has 1 unspecified atom stereocenters. The van der Waals surface area contributed by atoms with E-state index in [1.54, 1.807) is 0 Å². The van der Waals surface area contributed by atoms with Gasteiger partial charge in [-0.1, -0.05) is 65.2 Å². The molecule has 35 heavy (non-hydrogen) atoms. The molecule has 0 spiro atoms. The predicted octanol–water partition coefficient (Wildman–Crippen LogP) is 4.55. The number of ether oxygens (including phenoxy) is 1. The predicted molar refractivity (Wildman–Crippen MR) is 142 cm³/mol. The first kappa shape index (κ1) is 27.3. The minimum atomic E-state index is -0.192. The first-order chi connectivity index (χ1) is 17.0. The zero-order valence-electron chi connectivity index (χ0n) is 22.0. The third kappa shape index (κ3) is 7.87. The van der Waals surface area contributed by atoms with Crippen LogP contribution in [0.15, 0.2) is 16.3 Å². The summed E-state index contributed by atoms with van der Waals surface area (Å²) in [4.78, 5) is 20.7. The van der Waals surface area contributed by atoms with Crippen molar-refractivity contribution in [3.63, 3.8) is 0 Å². The van der Waals surface area contributed by atoms with Crippen molar-refractivity contribution in [2.24, 2.45) is 10.7 Å². The van der Waals surface area contributed by atoms with Crippen molar-refractivity contribution < 1.29 is 9.53 Å². The van der Waals surface area contributed by atoms with E-state index in [-0.39, 0.29) is 18.0 Å². The lowest BCUT2D eigenvalue weighted by Crippen LogP contribution is -2.56. The average Bonchev–Trinajstić information content (AvgIpc) is 3.25. The molecule has 198 valence electrons. The topological polar surface area (TPSA) is 116 Å². The lowest BCUT2D eigenvalue weighted by atomic mass is 9.95. The number of allylic oxidation sites excluding steroid dienone is 1. The van der Waals surface area contributed by atoms with Crippen molar-refractivity contribution >= 4 is 17.9 Å². The van der Waals surface area contributed by atoms with Crippen LogP contribution < -0.4 is 16.4 Å². The molecule has 3 heterocycles. The van der Waals surface area contributed by atoms with Crippen molar-refractivity contribution in [3.8, 4) is 0 Å². The number of carbonyl (C=O) groups is 1. The summed E-state index contributed by atoms with van der Waals surface area (Å²) in [7, 11) is 0. The SMILES string of the molecule is CCCCCCC[C@H]1C[C@H]2CCC3=C(C(=O)OCCCCNC(=N)N)C(CCCCC)N=C(N1)N32. The highest BCUT2D eigenvalue weighted by Gasteiger charge is 2.44. The molecule has 3 rings (SSSR count). The second-order valence-corrected chi connectivity index (χ2v) is 10.4. The Morgan fingerprint density at radius 2 is 1.86 bits per heavy atom. The summed E-state index contributed by atoms with van der Waals surface area (Å²) in [6, 6.07) is 0.830. The highest BCUT2D eigenvalue weighted by Crippen LogP contribution is 2.40. The van der Waals surface area contributed by atoms with Gasteiger partial charge in [-0.15, -0.1) is 0 Å². The summed E-state index contributed by atoms with van der Waals surface area (Å²) in [5.74, 6) is 0.785. The molecule has 0 saturated carbocycles. The van der Waals surface area contributed by atoms with Gasteiger partial charge in [0.25, 0.3) is 0 Å². The van der Waals surface area contributed by atoms with Gasteiger partial charge in [0.15, 0.2) is 11.9 Å². The number of hydrogen-bond acceptors (Lipinski definition) is 6. The molecular formula is C27H48N6O2. The lowest BCUT2D eigenvalue weighted by molar-refractivity contribution is -0.139. The van der Waals surface area contributed by atoms with Crippen LogP contribution in [0, 0.1) is 5.41 Å². The maximum absolute atomic E-state index is 13.3. The second-order valence-electron chi connectivity index (χ2n) is 10.4. The molecule has 0 aromatic heterocycles. The molecule has 3 aliphatic heterocycles. The number of nitrogens with one attached hydrogen (secondary N) is 3. The third-order valence-electron chi connectivity index (χ3n) is 7.49. The van der Waals surface area contributed by atoms with Crippen molar-refractivity contribution in [2.75, 3.05) is 13.2 Å². The summed E-state index contributed by atoms with van der Waals surface area (Å²) in [5, 5.41) is 13.8. The highest BCUT2D eigenvalue weighted by molar-refractivity contribution is 5.96. The van der Waals surface area contributed by atoms with Crippen LogP contribution in [-0.2, 0) is 9.53 Å². The summed E-state index contributed by atoms with van der Waals surface area (Å²) in [5.41, 5.74) is 7.27. The second kappa shape index (κ2) is 14.3. The first-order valence-electron chi connectivity index (χ1n) is 14.2. The summed E-state index contributed by atoms with van der Waals surface area (Å²) in [6.07, 6.45) is 16.8. The summed E-state index contributed by atoms with van der Waals surface area (Å²) >= 11 is 0. The number of unbranched alkanes of at least 4 members (excludes halogenated alkanes) is 7. The van der Waals surface area contributed by atoms with Gasteiger partial charge in [0.1, 0.15) is 0 Å². The van der Waals surface area contributed by atoms with Gasteiger partial charge in [-0.25, -0.2) is 9.79 Å². The van der Waals surface area contributed by atoms with Crippen LogP contribution in [0.2, 0.25) is 0 Å². The summed E-state index contributed by atoms with van der Waals surface area (Å²) in [6.45, 7) is 5.47. The Morgan fingerprint density at radius 1 is 1.11 bits per heavy atom. The Morgan fingerprint density at radius 3 is 2.63 bits per heavy atom. The fraction of sp³-hybridized carbons (Fsp3) is 0.815. The van der Waals surface area contributed by atoms with E-state index >= 15 is 0 Å². The minimum absolute atomic E-state index is 0.0237.